The summed E-state index contributed by atoms with van der Waals surface area (Å²) in [4.78, 5) is 35.2. The molecule has 1 fully saturated rings. The van der Waals surface area contributed by atoms with Crippen molar-refractivity contribution in [1.29, 1.82) is 0 Å². The maximum absolute atomic E-state index is 13.4. The molecule has 1 aromatic carbocycles. The lowest BCUT2D eigenvalue weighted by Gasteiger charge is -2.19. The molecule has 1 aliphatic carbocycles. The Balaban J connectivity index is 2.04. The van der Waals surface area contributed by atoms with Crippen LogP contribution in [0, 0.1) is 0 Å². The molecule has 3 aromatic rings. The van der Waals surface area contributed by atoms with Crippen molar-refractivity contribution < 1.29 is 14.3 Å². The summed E-state index contributed by atoms with van der Waals surface area (Å²) in [6.07, 6.45) is 6.98. The Morgan fingerprint density at radius 1 is 1.07 bits per heavy atom. The number of esters is 1. The van der Waals surface area contributed by atoms with Crippen LogP contribution in [0.25, 0.3) is 10.8 Å². The first-order valence-electron chi connectivity index (χ1n) is 9.91. The summed E-state index contributed by atoms with van der Waals surface area (Å²) in [6.45, 7) is 0. The topological polar surface area (TPSA) is 73.5 Å². The van der Waals surface area contributed by atoms with Crippen LogP contribution in [0.15, 0.2) is 59.7 Å². The second-order valence-electron chi connectivity index (χ2n) is 7.21. The molecule has 1 aliphatic rings. The monoisotopic (exact) mass is 389 g/mol. The van der Waals surface area contributed by atoms with E-state index in [4.69, 9.17) is 9.73 Å². The molecule has 0 bridgehead atoms. The summed E-state index contributed by atoms with van der Waals surface area (Å²) >= 11 is 0. The molecule has 6 heteroatoms. The summed E-state index contributed by atoms with van der Waals surface area (Å²) in [7, 11) is 1.31. The fraction of sp³-hybridized carbons (Fsp3) is 0.304. The minimum Gasteiger partial charge on any atom is -0.464 e. The first-order chi connectivity index (χ1) is 14.2. The van der Waals surface area contributed by atoms with Crippen molar-refractivity contribution in [3.05, 3.63) is 71.6 Å². The Kier molecular flexibility index (Phi) is 5.51. The van der Waals surface area contributed by atoms with Crippen LogP contribution in [0.1, 0.15) is 53.1 Å². The highest BCUT2D eigenvalue weighted by molar-refractivity contribution is 6.02. The van der Waals surface area contributed by atoms with Gasteiger partial charge in [0.25, 0.3) is 5.91 Å². The van der Waals surface area contributed by atoms with E-state index in [1.54, 1.807) is 30.5 Å². The van der Waals surface area contributed by atoms with Crippen molar-refractivity contribution in [2.24, 2.45) is 4.99 Å². The van der Waals surface area contributed by atoms with Crippen molar-refractivity contribution in [3.63, 3.8) is 0 Å². The third-order valence-electron chi connectivity index (χ3n) is 5.31. The smallest absolute Gasteiger partial charge is 0.355 e. The third kappa shape index (κ3) is 3.83. The molecule has 0 spiro atoms. The van der Waals surface area contributed by atoms with Crippen LogP contribution in [0.5, 0.6) is 0 Å². The number of benzene rings is 1. The van der Waals surface area contributed by atoms with Gasteiger partial charge in [-0.15, -0.1) is 0 Å². The van der Waals surface area contributed by atoms with Crippen molar-refractivity contribution in [2.75, 3.05) is 7.11 Å². The summed E-state index contributed by atoms with van der Waals surface area (Å²) in [5.41, 5.74) is 0.889. The number of fused-ring (bicyclic) bond motifs is 1. The Hall–Kier alpha value is -3.28. The van der Waals surface area contributed by atoms with Crippen LogP contribution >= 0.6 is 0 Å². The molecular weight excluding hydrogens is 366 g/mol. The molecule has 0 saturated heterocycles. The zero-order valence-corrected chi connectivity index (χ0v) is 16.4. The lowest BCUT2D eigenvalue weighted by molar-refractivity contribution is 0.0581. The van der Waals surface area contributed by atoms with Crippen molar-refractivity contribution in [1.82, 2.24) is 9.55 Å². The van der Waals surface area contributed by atoms with E-state index >= 15 is 0 Å². The molecule has 2 aromatic heterocycles. The number of hydrogen-bond donors (Lipinski definition) is 0. The fourth-order valence-electron chi connectivity index (χ4n) is 3.85. The summed E-state index contributed by atoms with van der Waals surface area (Å²) < 4.78 is 6.35. The van der Waals surface area contributed by atoms with Gasteiger partial charge in [0.05, 0.1) is 13.2 Å². The molecule has 0 amide bonds. The molecule has 148 valence electrons. The Morgan fingerprint density at radius 2 is 1.83 bits per heavy atom. The number of carbonyl (C=O) groups excluding carboxylic acids is 2. The number of methoxy groups -OCH3 is 1. The summed E-state index contributed by atoms with van der Waals surface area (Å²) in [5.74, 6) is -0.980. The van der Waals surface area contributed by atoms with Crippen molar-refractivity contribution in [2.45, 2.75) is 38.1 Å². The number of aromatic nitrogens is 2. The van der Waals surface area contributed by atoms with E-state index in [0.717, 1.165) is 36.5 Å². The molecule has 4 rings (SSSR count). The van der Waals surface area contributed by atoms with E-state index in [-0.39, 0.29) is 17.4 Å². The first kappa shape index (κ1) is 19.1. The van der Waals surface area contributed by atoms with Gasteiger partial charge in [-0.1, -0.05) is 49.6 Å². The van der Waals surface area contributed by atoms with Crippen LogP contribution in [0.2, 0.25) is 0 Å². The first-order valence-corrected chi connectivity index (χ1v) is 9.91. The second kappa shape index (κ2) is 8.39. The van der Waals surface area contributed by atoms with Crippen molar-refractivity contribution >= 4 is 22.6 Å². The van der Waals surface area contributed by atoms with Gasteiger partial charge in [0.15, 0.2) is 0 Å². The second-order valence-corrected chi connectivity index (χ2v) is 7.21. The molecule has 29 heavy (non-hydrogen) atoms. The summed E-state index contributed by atoms with van der Waals surface area (Å²) in [5, 5.41) is 1.67. The average molecular weight is 389 g/mol. The van der Waals surface area contributed by atoms with Gasteiger partial charge in [-0.2, -0.15) is 0 Å². The van der Waals surface area contributed by atoms with Crippen LogP contribution in [-0.4, -0.2) is 34.6 Å². The zero-order valence-electron chi connectivity index (χ0n) is 16.4. The molecule has 1 saturated carbocycles. The number of hydrogen-bond acceptors (Lipinski definition) is 5. The molecule has 0 aliphatic heterocycles. The lowest BCUT2D eigenvalue weighted by atomic mass is 9.96. The van der Waals surface area contributed by atoms with Crippen LogP contribution in [0.4, 0.5) is 0 Å². The van der Waals surface area contributed by atoms with Gasteiger partial charge in [0.1, 0.15) is 16.9 Å². The number of nitrogens with zero attached hydrogens (tertiary/aromatic N) is 3. The van der Waals surface area contributed by atoms with E-state index in [2.05, 4.69) is 4.98 Å². The predicted octanol–water partition coefficient (Wildman–Crippen LogP) is 3.74. The molecular formula is C23H23N3O3. The predicted molar refractivity (Wildman–Crippen MR) is 110 cm³/mol. The molecule has 0 unspecified atom stereocenters. The van der Waals surface area contributed by atoms with E-state index in [1.807, 2.05) is 24.3 Å². The number of pyridine rings is 2. The third-order valence-corrected chi connectivity index (χ3v) is 5.31. The maximum Gasteiger partial charge on any atom is 0.355 e. The van der Waals surface area contributed by atoms with Gasteiger partial charge in [0, 0.05) is 11.6 Å². The minimum atomic E-state index is -0.583. The van der Waals surface area contributed by atoms with Crippen LogP contribution in [-0.2, 0) is 4.74 Å². The van der Waals surface area contributed by atoms with Crippen LogP contribution in [0.3, 0.4) is 0 Å². The van der Waals surface area contributed by atoms with E-state index < -0.39 is 11.9 Å². The number of carbonyl (C=O) groups is 2. The van der Waals surface area contributed by atoms with Gasteiger partial charge in [-0.3, -0.25) is 19.3 Å². The Labute approximate surface area is 168 Å². The highest BCUT2D eigenvalue weighted by atomic mass is 16.5. The van der Waals surface area contributed by atoms with E-state index in [0.29, 0.717) is 5.49 Å². The Bertz CT molecular complexity index is 1110. The molecule has 0 atom stereocenters. The average Bonchev–Trinajstić information content (AvgIpc) is 2.79. The van der Waals surface area contributed by atoms with Gasteiger partial charge < -0.3 is 4.74 Å². The van der Waals surface area contributed by atoms with Gasteiger partial charge in [-0.05, 0) is 36.4 Å². The summed E-state index contributed by atoms with van der Waals surface area (Å²) in [6, 6.07) is 14.6. The van der Waals surface area contributed by atoms with Gasteiger partial charge in [0.2, 0.25) is 0 Å². The zero-order chi connectivity index (χ0) is 20.2. The SMILES string of the molecule is COC(=O)c1cc2ccccc2c(=NC2CCCCC2)n1C(=O)c1ccccn1. The standard InChI is InChI=1S/C23H23N3O3/c1-29-23(28)20-15-16-9-5-6-12-18(16)21(25-17-10-3-2-4-11-17)26(20)22(27)19-13-7-8-14-24-19/h5-9,12-15,17H,2-4,10-11H2,1H3. The van der Waals surface area contributed by atoms with E-state index in [1.165, 1.54) is 18.1 Å². The fourth-order valence-corrected chi connectivity index (χ4v) is 3.85. The van der Waals surface area contributed by atoms with Crippen molar-refractivity contribution in [3.8, 4) is 0 Å². The lowest BCUT2D eigenvalue weighted by Crippen LogP contribution is -2.35. The number of rotatable bonds is 3. The minimum absolute atomic E-state index is 0.128. The molecule has 0 radical (unpaired) electrons. The molecule has 2 heterocycles. The van der Waals surface area contributed by atoms with E-state index in [9.17, 15) is 9.59 Å². The highest BCUT2D eigenvalue weighted by Gasteiger charge is 2.23. The van der Waals surface area contributed by atoms with Crippen LogP contribution < -0.4 is 5.49 Å². The number of ether oxygens (including phenoxy) is 1. The molecule has 0 N–H and O–H groups in total. The quantitative estimate of drug-likeness (QED) is 0.640. The Morgan fingerprint density at radius 3 is 2.55 bits per heavy atom. The van der Waals surface area contributed by atoms with Gasteiger partial charge in [-0.25, -0.2) is 4.79 Å². The van der Waals surface area contributed by atoms with Gasteiger partial charge >= 0.3 is 5.97 Å². The maximum atomic E-state index is 13.4. The largest absolute Gasteiger partial charge is 0.464 e. The normalized spacial score (nSPS) is 15.4. The molecule has 6 nitrogen and oxygen atoms in total. The highest BCUT2D eigenvalue weighted by Crippen LogP contribution is 2.21.